The van der Waals surface area contributed by atoms with Gasteiger partial charge in [-0.2, -0.15) is 5.10 Å². The molecule has 3 rings (SSSR count). The molecule has 0 radical (unpaired) electrons. The van der Waals surface area contributed by atoms with Crippen molar-refractivity contribution in [2.45, 2.75) is 34.1 Å². The Labute approximate surface area is 159 Å². The van der Waals surface area contributed by atoms with Gasteiger partial charge in [0.2, 0.25) is 0 Å². The van der Waals surface area contributed by atoms with E-state index in [9.17, 15) is 4.79 Å². The van der Waals surface area contributed by atoms with E-state index in [0.29, 0.717) is 24.3 Å². The van der Waals surface area contributed by atoms with Gasteiger partial charge in [-0.05, 0) is 57.5 Å². The highest BCUT2D eigenvalue weighted by Gasteiger charge is 2.22. The number of carbonyl (C=O) groups is 1. The Hall–Kier alpha value is -2.89. The van der Waals surface area contributed by atoms with Crippen LogP contribution in [-0.4, -0.2) is 45.8 Å². The maximum atomic E-state index is 13.1. The third kappa shape index (κ3) is 3.39. The van der Waals surface area contributed by atoms with Gasteiger partial charge in [-0.25, -0.2) is 9.67 Å². The quantitative estimate of drug-likeness (QED) is 0.666. The van der Waals surface area contributed by atoms with Crippen LogP contribution in [0.3, 0.4) is 0 Å². The van der Waals surface area contributed by atoms with Crippen LogP contribution >= 0.6 is 0 Å². The molecule has 1 amide bonds. The molecule has 0 bridgehead atoms. The van der Waals surface area contributed by atoms with E-state index in [1.165, 1.54) is 0 Å². The van der Waals surface area contributed by atoms with E-state index in [-0.39, 0.29) is 5.91 Å². The van der Waals surface area contributed by atoms with Crippen molar-refractivity contribution < 1.29 is 9.53 Å². The SMILES string of the molecule is CCc1cc(C(=O)N(CC)CC)c2c(C)nn(-c3ccc(OC)cc3)c2n1. The molecule has 3 aromatic rings. The molecule has 27 heavy (non-hydrogen) atoms. The lowest BCUT2D eigenvalue weighted by Crippen LogP contribution is -2.30. The van der Waals surface area contributed by atoms with E-state index in [4.69, 9.17) is 9.72 Å². The Morgan fingerprint density at radius 1 is 1.15 bits per heavy atom. The molecule has 6 heteroatoms. The highest BCUT2D eigenvalue weighted by Crippen LogP contribution is 2.27. The molecule has 6 nitrogen and oxygen atoms in total. The maximum Gasteiger partial charge on any atom is 0.254 e. The van der Waals surface area contributed by atoms with Crippen molar-refractivity contribution in [2.75, 3.05) is 20.2 Å². The van der Waals surface area contributed by atoms with Gasteiger partial charge in [0.25, 0.3) is 5.91 Å². The zero-order valence-electron chi connectivity index (χ0n) is 16.6. The zero-order valence-corrected chi connectivity index (χ0v) is 16.6. The molecule has 0 spiro atoms. The molecule has 142 valence electrons. The molecule has 0 saturated heterocycles. The third-order valence-corrected chi connectivity index (χ3v) is 4.83. The predicted molar refractivity (Wildman–Crippen MR) is 107 cm³/mol. The van der Waals surface area contributed by atoms with Crippen molar-refractivity contribution in [2.24, 2.45) is 0 Å². The van der Waals surface area contributed by atoms with Crippen molar-refractivity contribution in [1.29, 1.82) is 0 Å². The summed E-state index contributed by atoms with van der Waals surface area (Å²) in [5, 5.41) is 5.51. The van der Waals surface area contributed by atoms with Crippen molar-refractivity contribution in [3.8, 4) is 11.4 Å². The minimum atomic E-state index is 0.0273. The Balaban J connectivity index is 2.24. The van der Waals surface area contributed by atoms with E-state index in [0.717, 1.165) is 34.6 Å². The van der Waals surface area contributed by atoms with Gasteiger partial charge >= 0.3 is 0 Å². The lowest BCUT2D eigenvalue weighted by Gasteiger charge is -2.19. The largest absolute Gasteiger partial charge is 0.497 e. The summed E-state index contributed by atoms with van der Waals surface area (Å²) in [6.45, 7) is 9.30. The number of hydrogen-bond donors (Lipinski definition) is 0. The van der Waals surface area contributed by atoms with Crippen molar-refractivity contribution in [1.82, 2.24) is 19.7 Å². The molecule has 0 fully saturated rings. The standard InChI is InChI=1S/C21H26N4O2/c1-6-15-13-18(21(26)24(7-2)8-3)19-14(4)23-25(20(19)22-15)16-9-11-17(27-5)12-10-16/h9-13H,6-8H2,1-5H3. The number of methoxy groups -OCH3 is 1. The van der Waals surface area contributed by atoms with Crippen molar-refractivity contribution >= 4 is 16.9 Å². The number of pyridine rings is 1. The van der Waals surface area contributed by atoms with Crippen molar-refractivity contribution in [3.63, 3.8) is 0 Å². The zero-order chi connectivity index (χ0) is 19.6. The second-order valence-corrected chi connectivity index (χ2v) is 6.39. The van der Waals surface area contributed by atoms with Crippen LogP contribution in [0.4, 0.5) is 0 Å². The molecular formula is C21H26N4O2. The first-order valence-corrected chi connectivity index (χ1v) is 9.36. The highest BCUT2D eigenvalue weighted by molar-refractivity contribution is 6.06. The number of nitrogens with zero attached hydrogens (tertiary/aromatic N) is 4. The fourth-order valence-corrected chi connectivity index (χ4v) is 3.28. The highest BCUT2D eigenvalue weighted by atomic mass is 16.5. The first-order chi connectivity index (χ1) is 13.0. The first kappa shape index (κ1) is 18.9. The molecule has 0 saturated carbocycles. The second-order valence-electron chi connectivity index (χ2n) is 6.39. The Kier molecular flexibility index (Phi) is 5.44. The van der Waals surface area contributed by atoms with Gasteiger partial charge in [-0.15, -0.1) is 0 Å². The monoisotopic (exact) mass is 366 g/mol. The molecule has 1 aromatic carbocycles. The smallest absolute Gasteiger partial charge is 0.254 e. The molecule has 0 aliphatic rings. The summed E-state index contributed by atoms with van der Waals surface area (Å²) in [6, 6.07) is 9.58. The average Bonchev–Trinajstić information content (AvgIpc) is 3.04. The molecule has 2 heterocycles. The van der Waals surface area contributed by atoms with Crippen molar-refractivity contribution in [3.05, 3.63) is 47.3 Å². The summed E-state index contributed by atoms with van der Waals surface area (Å²) < 4.78 is 7.05. The Morgan fingerprint density at radius 3 is 2.37 bits per heavy atom. The van der Waals surface area contributed by atoms with Crippen LogP contribution in [0.1, 0.15) is 42.5 Å². The van der Waals surface area contributed by atoms with Crippen LogP contribution in [0.25, 0.3) is 16.7 Å². The normalized spacial score (nSPS) is 11.0. The number of hydrogen-bond acceptors (Lipinski definition) is 4. The van der Waals surface area contributed by atoms with Crippen LogP contribution in [0.15, 0.2) is 30.3 Å². The number of ether oxygens (including phenoxy) is 1. The van der Waals surface area contributed by atoms with Crippen LogP contribution in [-0.2, 0) is 6.42 Å². The van der Waals surface area contributed by atoms with E-state index < -0.39 is 0 Å². The molecule has 2 aromatic heterocycles. The fourth-order valence-electron chi connectivity index (χ4n) is 3.28. The van der Waals surface area contributed by atoms with Crippen LogP contribution < -0.4 is 4.74 Å². The summed E-state index contributed by atoms with van der Waals surface area (Å²) in [4.78, 5) is 19.7. The minimum Gasteiger partial charge on any atom is -0.497 e. The molecule has 0 unspecified atom stereocenters. The fraction of sp³-hybridized carbons (Fsp3) is 0.381. The third-order valence-electron chi connectivity index (χ3n) is 4.83. The lowest BCUT2D eigenvalue weighted by atomic mass is 10.1. The summed E-state index contributed by atoms with van der Waals surface area (Å²) in [7, 11) is 1.64. The Bertz CT molecular complexity index is 956. The average molecular weight is 366 g/mol. The summed E-state index contributed by atoms with van der Waals surface area (Å²) >= 11 is 0. The molecule has 0 aliphatic heterocycles. The van der Waals surface area contributed by atoms with Crippen LogP contribution in [0, 0.1) is 6.92 Å². The van der Waals surface area contributed by atoms with E-state index in [1.54, 1.807) is 7.11 Å². The van der Waals surface area contributed by atoms with Gasteiger partial charge in [0.05, 0.1) is 29.4 Å². The van der Waals surface area contributed by atoms with E-state index in [1.807, 2.05) is 67.6 Å². The van der Waals surface area contributed by atoms with Gasteiger partial charge in [0.15, 0.2) is 5.65 Å². The lowest BCUT2D eigenvalue weighted by molar-refractivity contribution is 0.0774. The topological polar surface area (TPSA) is 60.2 Å². The van der Waals surface area contributed by atoms with Crippen LogP contribution in [0.5, 0.6) is 5.75 Å². The number of amides is 1. The molecule has 0 N–H and O–H groups in total. The van der Waals surface area contributed by atoms with Gasteiger partial charge < -0.3 is 9.64 Å². The maximum absolute atomic E-state index is 13.1. The minimum absolute atomic E-state index is 0.0273. The van der Waals surface area contributed by atoms with Gasteiger partial charge in [0.1, 0.15) is 5.75 Å². The van der Waals surface area contributed by atoms with Gasteiger partial charge in [-0.3, -0.25) is 4.79 Å². The predicted octanol–water partition coefficient (Wildman–Crippen LogP) is 3.78. The number of carbonyl (C=O) groups excluding carboxylic acids is 1. The molecule has 0 aliphatic carbocycles. The number of fused-ring (bicyclic) bond motifs is 1. The summed E-state index contributed by atoms with van der Waals surface area (Å²) in [6.07, 6.45) is 0.751. The Morgan fingerprint density at radius 2 is 1.81 bits per heavy atom. The summed E-state index contributed by atoms with van der Waals surface area (Å²) in [5.41, 5.74) is 3.96. The van der Waals surface area contributed by atoms with Gasteiger partial charge in [0, 0.05) is 18.8 Å². The second kappa shape index (κ2) is 7.78. The van der Waals surface area contributed by atoms with Crippen LogP contribution in [0.2, 0.25) is 0 Å². The molecular weight excluding hydrogens is 340 g/mol. The van der Waals surface area contributed by atoms with E-state index >= 15 is 0 Å². The van der Waals surface area contributed by atoms with Gasteiger partial charge in [-0.1, -0.05) is 6.92 Å². The first-order valence-electron chi connectivity index (χ1n) is 9.36. The van der Waals surface area contributed by atoms with E-state index in [2.05, 4.69) is 5.10 Å². The number of aromatic nitrogens is 3. The summed E-state index contributed by atoms with van der Waals surface area (Å²) in [5.74, 6) is 0.811. The number of aryl methyl sites for hydroxylation is 2. The number of benzene rings is 1. The number of rotatable bonds is 6. The molecule has 0 atom stereocenters.